The molecule has 0 atom stereocenters. The normalized spacial score (nSPS) is 10.6. The van der Waals surface area contributed by atoms with E-state index in [1.165, 1.54) is 36.9 Å². The van der Waals surface area contributed by atoms with Crippen molar-refractivity contribution in [1.29, 1.82) is 0 Å². The average Bonchev–Trinajstić information content (AvgIpc) is 3.15. The molecule has 0 fully saturated rings. The van der Waals surface area contributed by atoms with Crippen LogP contribution in [0.15, 0.2) is 59.8 Å². The Balaban J connectivity index is 1.79. The number of carbonyl (C=O) groups is 2. The number of aromatic nitrogens is 3. The lowest BCUT2D eigenvalue weighted by molar-refractivity contribution is -0.384. The number of ketones is 1. The van der Waals surface area contributed by atoms with Gasteiger partial charge in [-0.2, -0.15) is 0 Å². The summed E-state index contributed by atoms with van der Waals surface area (Å²) in [5, 5.41) is 22.6. The molecule has 10 heteroatoms. The van der Waals surface area contributed by atoms with Gasteiger partial charge in [-0.1, -0.05) is 42.1 Å². The van der Waals surface area contributed by atoms with Gasteiger partial charge in [-0.05, 0) is 12.1 Å². The third-order valence-corrected chi connectivity index (χ3v) is 5.08. The first-order valence-electron chi connectivity index (χ1n) is 9.10. The molecule has 2 aromatic carbocycles. The summed E-state index contributed by atoms with van der Waals surface area (Å²) in [6, 6.07) is 15.1. The fraction of sp³-hybridized carbons (Fsp3) is 0.200. The molecule has 1 N–H and O–H groups in total. The fourth-order valence-corrected chi connectivity index (χ4v) is 3.61. The van der Waals surface area contributed by atoms with Gasteiger partial charge in [0.15, 0.2) is 10.9 Å². The number of hydrogen-bond donors (Lipinski definition) is 1. The van der Waals surface area contributed by atoms with E-state index in [9.17, 15) is 19.7 Å². The highest BCUT2D eigenvalue weighted by Crippen LogP contribution is 2.24. The summed E-state index contributed by atoms with van der Waals surface area (Å²) in [5.41, 5.74) is 0.984. The monoisotopic (exact) mass is 425 g/mol. The second kappa shape index (κ2) is 9.79. The molecule has 0 saturated heterocycles. The van der Waals surface area contributed by atoms with E-state index in [1.807, 2.05) is 34.9 Å². The van der Waals surface area contributed by atoms with Gasteiger partial charge < -0.3 is 5.32 Å². The number of non-ortho nitro benzene ring substituents is 1. The lowest BCUT2D eigenvalue weighted by atomic mass is 10.1. The average molecular weight is 425 g/mol. The molecular formula is C20H19N5O4S. The standard InChI is InChI=1S/C20H19N5O4S/c1-14(26)21-11-10-19-22-23-20(24(19)16-7-3-2-4-8-16)30-13-18(27)15-6-5-9-17(12-15)25(28)29/h2-9,12H,10-11,13H2,1H3,(H,21,26). The minimum Gasteiger partial charge on any atom is -0.356 e. The summed E-state index contributed by atoms with van der Waals surface area (Å²) in [5.74, 6) is 0.335. The maximum Gasteiger partial charge on any atom is 0.270 e. The fourth-order valence-electron chi connectivity index (χ4n) is 2.75. The number of benzene rings is 2. The summed E-state index contributed by atoms with van der Waals surface area (Å²) in [4.78, 5) is 34.1. The van der Waals surface area contributed by atoms with Crippen molar-refractivity contribution in [3.05, 3.63) is 76.1 Å². The molecule has 9 nitrogen and oxygen atoms in total. The van der Waals surface area contributed by atoms with E-state index in [0.717, 1.165) is 5.69 Å². The van der Waals surface area contributed by atoms with E-state index in [0.29, 0.717) is 23.9 Å². The number of nitrogens with zero attached hydrogens (tertiary/aromatic N) is 4. The van der Waals surface area contributed by atoms with E-state index < -0.39 is 4.92 Å². The highest BCUT2D eigenvalue weighted by Gasteiger charge is 2.17. The number of Topliss-reactive ketones (excluding diaryl/α,β-unsaturated/α-hetero) is 1. The van der Waals surface area contributed by atoms with Crippen LogP contribution in [0.1, 0.15) is 23.1 Å². The maximum atomic E-state index is 12.5. The Kier molecular flexibility index (Phi) is 6.91. The van der Waals surface area contributed by atoms with Crippen LogP contribution < -0.4 is 5.32 Å². The molecule has 0 saturated carbocycles. The minimum atomic E-state index is -0.530. The van der Waals surface area contributed by atoms with E-state index in [4.69, 9.17) is 0 Å². The summed E-state index contributed by atoms with van der Waals surface area (Å²) < 4.78 is 1.84. The van der Waals surface area contributed by atoms with Crippen LogP contribution in [-0.2, 0) is 11.2 Å². The second-order valence-corrected chi connectivity index (χ2v) is 7.26. The van der Waals surface area contributed by atoms with Gasteiger partial charge in [0.25, 0.3) is 5.69 Å². The van der Waals surface area contributed by atoms with Gasteiger partial charge in [0.05, 0.1) is 10.7 Å². The van der Waals surface area contributed by atoms with Gasteiger partial charge in [-0.15, -0.1) is 10.2 Å². The Bertz CT molecular complexity index is 1070. The third kappa shape index (κ3) is 5.29. The molecule has 3 rings (SSSR count). The first kappa shape index (κ1) is 21.2. The Morgan fingerprint density at radius 3 is 2.60 bits per heavy atom. The van der Waals surface area contributed by atoms with E-state index >= 15 is 0 Å². The van der Waals surface area contributed by atoms with Gasteiger partial charge in [0.2, 0.25) is 5.91 Å². The Morgan fingerprint density at radius 2 is 1.90 bits per heavy atom. The molecule has 30 heavy (non-hydrogen) atoms. The summed E-state index contributed by atoms with van der Waals surface area (Å²) in [6.07, 6.45) is 0.473. The zero-order valence-corrected chi connectivity index (χ0v) is 17.0. The van der Waals surface area contributed by atoms with Crippen molar-refractivity contribution in [2.45, 2.75) is 18.5 Å². The first-order valence-corrected chi connectivity index (χ1v) is 10.1. The summed E-state index contributed by atoms with van der Waals surface area (Å²) >= 11 is 1.20. The van der Waals surface area contributed by atoms with Crippen LogP contribution in [0, 0.1) is 10.1 Å². The highest BCUT2D eigenvalue weighted by atomic mass is 32.2. The van der Waals surface area contributed by atoms with Crippen LogP contribution in [-0.4, -0.2) is 43.7 Å². The summed E-state index contributed by atoms with van der Waals surface area (Å²) in [7, 11) is 0. The van der Waals surface area contributed by atoms with Gasteiger partial charge in [0.1, 0.15) is 5.82 Å². The van der Waals surface area contributed by atoms with Crippen LogP contribution in [0.4, 0.5) is 5.69 Å². The van der Waals surface area contributed by atoms with Crippen molar-refractivity contribution in [1.82, 2.24) is 20.1 Å². The van der Waals surface area contributed by atoms with Gasteiger partial charge in [-0.25, -0.2) is 0 Å². The SMILES string of the molecule is CC(=O)NCCc1nnc(SCC(=O)c2cccc([N+](=O)[O-])c2)n1-c1ccccc1. The number of para-hydroxylation sites is 1. The van der Waals surface area contributed by atoms with E-state index in [1.54, 1.807) is 6.07 Å². The second-order valence-electron chi connectivity index (χ2n) is 6.32. The smallest absolute Gasteiger partial charge is 0.270 e. The third-order valence-electron chi connectivity index (χ3n) is 4.15. The predicted octanol–water partition coefficient (Wildman–Crippen LogP) is 2.83. The molecule has 1 heterocycles. The number of nitro groups is 1. The number of nitrogens with one attached hydrogen (secondary N) is 1. The molecule has 0 unspecified atom stereocenters. The first-order chi connectivity index (χ1) is 14.5. The lowest BCUT2D eigenvalue weighted by Crippen LogP contribution is -2.23. The predicted molar refractivity (Wildman–Crippen MR) is 112 cm³/mol. The molecule has 0 aliphatic heterocycles. The van der Waals surface area contributed by atoms with Crippen molar-refractivity contribution in [2.75, 3.05) is 12.3 Å². The molecule has 1 amide bonds. The van der Waals surface area contributed by atoms with Crippen molar-refractivity contribution < 1.29 is 14.5 Å². The number of rotatable bonds is 9. The van der Waals surface area contributed by atoms with Gasteiger partial charge in [-0.3, -0.25) is 24.3 Å². The van der Waals surface area contributed by atoms with Crippen molar-refractivity contribution in [3.63, 3.8) is 0 Å². The van der Waals surface area contributed by atoms with E-state index in [2.05, 4.69) is 15.5 Å². The largest absolute Gasteiger partial charge is 0.356 e. The molecule has 0 spiro atoms. The molecule has 1 aromatic heterocycles. The Labute approximate surface area is 176 Å². The van der Waals surface area contributed by atoms with Crippen molar-refractivity contribution in [3.8, 4) is 5.69 Å². The molecular weight excluding hydrogens is 406 g/mol. The Hall–Kier alpha value is -3.53. The molecule has 0 radical (unpaired) electrons. The maximum absolute atomic E-state index is 12.5. The minimum absolute atomic E-state index is 0.0534. The van der Waals surface area contributed by atoms with E-state index in [-0.39, 0.29) is 28.7 Å². The molecule has 3 aromatic rings. The topological polar surface area (TPSA) is 120 Å². The van der Waals surface area contributed by atoms with Crippen molar-refractivity contribution >= 4 is 29.1 Å². The lowest BCUT2D eigenvalue weighted by Gasteiger charge is -2.10. The van der Waals surface area contributed by atoms with Crippen molar-refractivity contribution in [2.24, 2.45) is 0 Å². The Morgan fingerprint density at radius 1 is 1.13 bits per heavy atom. The van der Waals surface area contributed by atoms with Gasteiger partial charge in [0, 0.05) is 43.3 Å². The number of amides is 1. The molecule has 0 aliphatic carbocycles. The van der Waals surface area contributed by atoms with Crippen LogP contribution in [0.3, 0.4) is 0 Å². The van der Waals surface area contributed by atoms with Gasteiger partial charge >= 0.3 is 0 Å². The zero-order valence-electron chi connectivity index (χ0n) is 16.1. The molecule has 154 valence electrons. The van der Waals surface area contributed by atoms with Crippen LogP contribution >= 0.6 is 11.8 Å². The highest BCUT2D eigenvalue weighted by molar-refractivity contribution is 7.99. The number of nitro benzene ring substituents is 1. The number of hydrogen-bond acceptors (Lipinski definition) is 7. The van der Waals surface area contributed by atoms with Crippen LogP contribution in [0.5, 0.6) is 0 Å². The molecule has 0 bridgehead atoms. The number of thioether (sulfide) groups is 1. The zero-order chi connectivity index (χ0) is 21.5. The number of carbonyl (C=O) groups excluding carboxylic acids is 2. The van der Waals surface area contributed by atoms with Crippen LogP contribution in [0.25, 0.3) is 5.69 Å². The summed E-state index contributed by atoms with van der Waals surface area (Å²) in [6.45, 7) is 1.86. The van der Waals surface area contributed by atoms with Crippen LogP contribution in [0.2, 0.25) is 0 Å². The quantitative estimate of drug-likeness (QED) is 0.242. The molecule has 0 aliphatic rings.